The molecule has 1 aromatic carbocycles. The largest absolute Gasteiger partial charge is 0.381 e. The summed E-state index contributed by atoms with van der Waals surface area (Å²) in [6, 6.07) is 11.6. The van der Waals surface area contributed by atoms with Gasteiger partial charge in [0, 0.05) is 25.3 Å². The van der Waals surface area contributed by atoms with Gasteiger partial charge in [-0.05, 0) is 58.3 Å². The Labute approximate surface area is 129 Å². The van der Waals surface area contributed by atoms with Gasteiger partial charge in [-0.2, -0.15) is 0 Å². The van der Waals surface area contributed by atoms with Gasteiger partial charge >= 0.3 is 0 Å². The SMILES string of the molecule is CC(NCCC1CCOCC1)C(c1ccccc1)N(C)C. The molecule has 1 fully saturated rings. The Balaban J connectivity index is 1.83. The Kier molecular flexibility index (Phi) is 6.68. The Morgan fingerprint density at radius 2 is 1.86 bits per heavy atom. The summed E-state index contributed by atoms with van der Waals surface area (Å²) in [6.07, 6.45) is 3.72. The van der Waals surface area contributed by atoms with Crippen molar-refractivity contribution in [2.45, 2.75) is 38.3 Å². The van der Waals surface area contributed by atoms with Crippen molar-refractivity contribution in [2.75, 3.05) is 33.9 Å². The van der Waals surface area contributed by atoms with Gasteiger partial charge in [0.15, 0.2) is 0 Å². The average molecular weight is 290 g/mol. The van der Waals surface area contributed by atoms with Crippen molar-refractivity contribution in [3.05, 3.63) is 35.9 Å². The number of ether oxygens (including phenoxy) is 1. The van der Waals surface area contributed by atoms with Crippen molar-refractivity contribution in [3.8, 4) is 0 Å². The first-order valence-corrected chi connectivity index (χ1v) is 8.21. The fourth-order valence-corrected chi connectivity index (χ4v) is 3.35. The molecule has 21 heavy (non-hydrogen) atoms. The summed E-state index contributed by atoms with van der Waals surface area (Å²) in [6.45, 7) is 5.29. The Morgan fingerprint density at radius 1 is 1.19 bits per heavy atom. The van der Waals surface area contributed by atoms with Gasteiger partial charge in [0.25, 0.3) is 0 Å². The maximum absolute atomic E-state index is 5.43. The van der Waals surface area contributed by atoms with E-state index in [1.807, 2.05) is 0 Å². The number of hydrogen-bond acceptors (Lipinski definition) is 3. The van der Waals surface area contributed by atoms with E-state index in [-0.39, 0.29) is 0 Å². The minimum atomic E-state index is 0.417. The Hall–Kier alpha value is -0.900. The molecule has 1 heterocycles. The van der Waals surface area contributed by atoms with Crippen LogP contribution < -0.4 is 5.32 Å². The van der Waals surface area contributed by atoms with Gasteiger partial charge in [-0.15, -0.1) is 0 Å². The van der Waals surface area contributed by atoms with E-state index in [9.17, 15) is 0 Å². The van der Waals surface area contributed by atoms with Gasteiger partial charge in [-0.3, -0.25) is 0 Å². The summed E-state index contributed by atoms with van der Waals surface area (Å²) in [5, 5.41) is 3.73. The molecule has 0 aliphatic carbocycles. The second kappa shape index (κ2) is 8.52. The van der Waals surface area contributed by atoms with Crippen LogP contribution in [0.3, 0.4) is 0 Å². The number of hydrogen-bond donors (Lipinski definition) is 1. The molecule has 3 nitrogen and oxygen atoms in total. The van der Waals surface area contributed by atoms with Gasteiger partial charge < -0.3 is 15.0 Å². The molecule has 0 aromatic heterocycles. The zero-order valence-corrected chi connectivity index (χ0v) is 13.7. The summed E-state index contributed by atoms with van der Waals surface area (Å²) >= 11 is 0. The standard InChI is InChI=1S/C18H30N2O/c1-15(19-12-9-16-10-13-21-14-11-16)18(20(2)3)17-7-5-4-6-8-17/h4-8,15-16,18-19H,9-14H2,1-3H3. The van der Waals surface area contributed by atoms with Gasteiger partial charge in [0.2, 0.25) is 0 Å². The Bertz CT molecular complexity index is 387. The van der Waals surface area contributed by atoms with Gasteiger partial charge in [0.05, 0.1) is 0 Å². The summed E-state index contributed by atoms with van der Waals surface area (Å²) in [7, 11) is 4.32. The minimum Gasteiger partial charge on any atom is -0.381 e. The molecule has 0 saturated carbocycles. The molecule has 0 spiro atoms. The lowest BCUT2D eigenvalue weighted by molar-refractivity contribution is 0.0635. The molecule has 1 aliphatic rings. The van der Waals surface area contributed by atoms with Crippen LogP contribution in [0.25, 0.3) is 0 Å². The zero-order chi connectivity index (χ0) is 15.1. The molecule has 2 unspecified atom stereocenters. The van der Waals surface area contributed by atoms with E-state index in [1.165, 1.54) is 24.8 Å². The highest BCUT2D eigenvalue weighted by atomic mass is 16.5. The maximum Gasteiger partial charge on any atom is 0.0493 e. The fraction of sp³-hybridized carbons (Fsp3) is 0.667. The van der Waals surface area contributed by atoms with Crippen molar-refractivity contribution < 1.29 is 4.74 Å². The van der Waals surface area contributed by atoms with E-state index < -0.39 is 0 Å². The lowest BCUT2D eigenvalue weighted by atomic mass is 9.95. The highest BCUT2D eigenvalue weighted by Crippen LogP contribution is 2.22. The first-order chi connectivity index (χ1) is 10.2. The lowest BCUT2D eigenvalue weighted by Crippen LogP contribution is -2.40. The molecule has 118 valence electrons. The van der Waals surface area contributed by atoms with E-state index >= 15 is 0 Å². The van der Waals surface area contributed by atoms with E-state index in [0.717, 1.165) is 25.7 Å². The summed E-state index contributed by atoms with van der Waals surface area (Å²) in [5.41, 5.74) is 1.38. The van der Waals surface area contributed by atoms with Crippen LogP contribution in [0, 0.1) is 5.92 Å². The summed E-state index contributed by atoms with van der Waals surface area (Å²) < 4.78 is 5.43. The monoisotopic (exact) mass is 290 g/mol. The lowest BCUT2D eigenvalue weighted by Gasteiger charge is -2.32. The first-order valence-electron chi connectivity index (χ1n) is 8.21. The number of nitrogens with one attached hydrogen (secondary N) is 1. The maximum atomic E-state index is 5.43. The van der Waals surface area contributed by atoms with Crippen molar-refractivity contribution in [3.63, 3.8) is 0 Å². The molecule has 1 aliphatic heterocycles. The molecule has 3 heteroatoms. The van der Waals surface area contributed by atoms with Crippen LogP contribution in [-0.2, 0) is 4.74 Å². The van der Waals surface area contributed by atoms with E-state index in [1.54, 1.807) is 0 Å². The van der Waals surface area contributed by atoms with Crippen LogP contribution in [0.4, 0.5) is 0 Å². The average Bonchev–Trinajstić information content (AvgIpc) is 2.49. The topological polar surface area (TPSA) is 24.5 Å². The third-order valence-electron chi connectivity index (χ3n) is 4.53. The van der Waals surface area contributed by atoms with E-state index in [0.29, 0.717) is 12.1 Å². The second-order valence-electron chi connectivity index (χ2n) is 6.41. The molecule has 0 radical (unpaired) electrons. The van der Waals surface area contributed by atoms with Crippen LogP contribution in [0.1, 0.15) is 37.8 Å². The van der Waals surface area contributed by atoms with Crippen molar-refractivity contribution in [1.29, 1.82) is 0 Å². The molecule has 1 N–H and O–H groups in total. The van der Waals surface area contributed by atoms with E-state index in [4.69, 9.17) is 4.74 Å². The van der Waals surface area contributed by atoms with Crippen molar-refractivity contribution in [1.82, 2.24) is 10.2 Å². The normalized spacial score (nSPS) is 19.6. The quantitative estimate of drug-likeness (QED) is 0.835. The molecular formula is C18H30N2O. The van der Waals surface area contributed by atoms with Crippen LogP contribution in [-0.4, -0.2) is 44.8 Å². The van der Waals surface area contributed by atoms with Gasteiger partial charge in [0.1, 0.15) is 0 Å². The van der Waals surface area contributed by atoms with Crippen LogP contribution in [0.5, 0.6) is 0 Å². The molecule has 0 bridgehead atoms. The Morgan fingerprint density at radius 3 is 2.48 bits per heavy atom. The number of likely N-dealkylation sites (N-methyl/N-ethyl adjacent to an activating group) is 1. The highest BCUT2D eigenvalue weighted by Gasteiger charge is 2.21. The summed E-state index contributed by atoms with van der Waals surface area (Å²) in [4.78, 5) is 2.31. The molecule has 1 saturated heterocycles. The van der Waals surface area contributed by atoms with Gasteiger partial charge in [-0.1, -0.05) is 30.3 Å². The predicted octanol–water partition coefficient (Wildman–Crippen LogP) is 3.08. The predicted molar refractivity (Wildman–Crippen MR) is 88.5 cm³/mol. The third kappa shape index (κ3) is 5.10. The molecule has 1 aromatic rings. The van der Waals surface area contributed by atoms with Crippen LogP contribution in [0.2, 0.25) is 0 Å². The minimum absolute atomic E-state index is 0.417. The molecule has 2 atom stereocenters. The summed E-state index contributed by atoms with van der Waals surface area (Å²) in [5.74, 6) is 0.841. The van der Waals surface area contributed by atoms with Crippen molar-refractivity contribution in [2.24, 2.45) is 5.92 Å². The van der Waals surface area contributed by atoms with Gasteiger partial charge in [-0.25, -0.2) is 0 Å². The second-order valence-corrected chi connectivity index (χ2v) is 6.41. The van der Waals surface area contributed by atoms with Crippen molar-refractivity contribution >= 4 is 0 Å². The molecule has 2 rings (SSSR count). The zero-order valence-electron chi connectivity index (χ0n) is 13.7. The number of rotatable bonds is 7. The molecular weight excluding hydrogens is 260 g/mol. The first kappa shape index (κ1) is 16.5. The number of benzene rings is 1. The van der Waals surface area contributed by atoms with Crippen LogP contribution >= 0.6 is 0 Å². The number of nitrogens with zero attached hydrogens (tertiary/aromatic N) is 1. The smallest absolute Gasteiger partial charge is 0.0493 e. The molecule has 0 amide bonds. The fourth-order valence-electron chi connectivity index (χ4n) is 3.35. The van der Waals surface area contributed by atoms with E-state index in [2.05, 4.69) is 61.6 Å². The van der Waals surface area contributed by atoms with Crippen LogP contribution in [0.15, 0.2) is 30.3 Å². The highest BCUT2D eigenvalue weighted by molar-refractivity contribution is 5.20. The third-order valence-corrected chi connectivity index (χ3v) is 4.53.